The summed E-state index contributed by atoms with van der Waals surface area (Å²) >= 11 is 0. The van der Waals surface area contributed by atoms with E-state index in [1.807, 2.05) is 0 Å². The van der Waals surface area contributed by atoms with Crippen LogP contribution in [-0.4, -0.2) is 57.9 Å². The van der Waals surface area contributed by atoms with Crippen LogP contribution in [0.3, 0.4) is 0 Å². The molecule has 118 valence electrons. The monoisotopic (exact) mass is 336 g/mol. The van der Waals surface area contributed by atoms with E-state index in [2.05, 4.69) is 0 Å². The van der Waals surface area contributed by atoms with Gasteiger partial charge in [0.1, 0.15) is 5.82 Å². The molecule has 9 heteroatoms. The number of rotatable bonds is 3. The van der Waals surface area contributed by atoms with Gasteiger partial charge in [0.05, 0.1) is 11.2 Å². The Kier molecular flexibility index (Phi) is 4.66. The van der Waals surface area contributed by atoms with Gasteiger partial charge in [-0.25, -0.2) is 25.5 Å². The van der Waals surface area contributed by atoms with Gasteiger partial charge in [0.15, 0.2) is 0 Å². The molecular weight excluding hydrogens is 319 g/mol. The summed E-state index contributed by atoms with van der Waals surface area (Å²) in [6.45, 7) is 0.756. The molecule has 0 spiro atoms. The normalized spacial score (nSPS) is 19.3. The maximum absolute atomic E-state index is 12.9. The van der Waals surface area contributed by atoms with Crippen molar-refractivity contribution >= 4 is 20.0 Å². The van der Waals surface area contributed by atoms with Crippen molar-refractivity contribution < 1.29 is 21.2 Å². The predicted octanol–water partition coefficient (Wildman–Crippen LogP) is 0.482. The second-order valence-corrected chi connectivity index (χ2v) is 8.79. The van der Waals surface area contributed by atoms with Gasteiger partial charge in [-0.15, -0.1) is 0 Å². The highest BCUT2D eigenvalue weighted by Crippen LogP contribution is 2.18. The minimum Gasteiger partial charge on any atom is -0.213 e. The molecule has 1 fully saturated rings. The first-order valence-corrected chi connectivity index (χ1v) is 9.71. The highest BCUT2D eigenvalue weighted by Gasteiger charge is 2.29. The molecule has 1 saturated heterocycles. The molecule has 1 heterocycles. The first-order chi connectivity index (χ1) is 9.71. The van der Waals surface area contributed by atoms with Gasteiger partial charge in [0.2, 0.25) is 20.0 Å². The summed E-state index contributed by atoms with van der Waals surface area (Å²) < 4.78 is 63.3. The Morgan fingerprint density at radius 2 is 1.43 bits per heavy atom. The number of hydrogen-bond acceptors (Lipinski definition) is 4. The second kappa shape index (κ2) is 5.99. The molecule has 0 unspecified atom stereocenters. The maximum Gasteiger partial charge on any atom is 0.243 e. The Bertz CT molecular complexity index is 701. The lowest BCUT2D eigenvalue weighted by Crippen LogP contribution is -2.36. The van der Waals surface area contributed by atoms with Gasteiger partial charge in [-0.2, -0.15) is 4.31 Å². The maximum atomic E-state index is 12.9. The molecule has 1 aliphatic rings. The summed E-state index contributed by atoms with van der Waals surface area (Å²) in [5.41, 5.74) is 0. The quantitative estimate of drug-likeness (QED) is 0.805. The van der Waals surface area contributed by atoms with E-state index in [1.165, 1.54) is 20.7 Å². The minimum atomic E-state index is -3.73. The van der Waals surface area contributed by atoms with Gasteiger partial charge < -0.3 is 0 Å². The standard InChI is InChI=1S/C12H17FN2O4S2/c1-20(16,17)14-7-2-8-15(10-9-14)21(18,19)12-5-3-11(13)4-6-12/h3-6H,2,7-10H2,1H3. The average Bonchev–Trinajstić information content (AvgIpc) is 2.64. The molecule has 0 aromatic heterocycles. The summed E-state index contributed by atoms with van der Waals surface area (Å²) in [4.78, 5) is 0.0108. The van der Waals surface area contributed by atoms with E-state index in [9.17, 15) is 21.2 Å². The SMILES string of the molecule is CS(=O)(=O)N1CCCN(S(=O)(=O)c2ccc(F)cc2)CC1. The molecule has 0 amide bonds. The molecule has 0 radical (unpaired) electrons. The molecule has 1 aromatic carbocycles. The Morgan fingerprint density at radius 1 is 0.905 bits per heavy atom. The largest absolute Gasteiger partial charge is 0.243 e. The van der Waals surface area contributed by atoms with Gasteiger partial charge in [-0.1, -0.05) is 0 Å². The number of nitrogens with zero attached hydrogens (tertiary/aromatic N) is 2. The van der Waals surface area contributed by atoms with E-state index < -0.39 is 25.9 Å². The minimum absolute atomic E-state index is 0.0108. The molecular formula is C12H17FN2O4S2. The zero-order valence-corrected chi connectivity index (χ0v) is 13.2. The first kappa shape index (κ1) is 16.3. The molecule has 1 aliphatic heterocycles. The Balaban J connectivity index is 2.20. The molecule has 1 aromatic rings. The lowest BCUT2D eigenvalue weighted by Gasteiger charge is -2.20. The number of sulfonamides is 2. The molecule has 6 nitrogen and oxygen atoms in total. The first-order valence-electron chi connectivity index (χ1n) is 6.42. The smallest absolute Gasteiger partial charge is 0.213 e. The van der Waals surface area contributed by atoms with Gasteiger partial charge in [0.25, 0.3) is 0 Å². The van der Waals surface area contributed by atoms with Crippen LogP contribution in [0.2, 0.25) is 0 Å². The highest BCUT2D eigenvalue weighted by atomic mass is 32.2. The van der Waals surface area contributed by atoms with Crippen LogP contribution >= 0.6 is 0 Å². The van der Waals surface area contributed by atoms with Crippen molar-refractivity contribution in [2.75, 3.05) is 32.4 Å². The predicted molar refractivity (Wildman–Crippen MR) is 76.2 cm³/mol. The van der Waals surface area contributed by atoms with Crippen molar-refractivity contribution in [3.63, 3.8) is 0 Å². The summed E-state index contributed by atoms with van der Waals surface area (Å²) in [7, 11) is -7.05. The van der Waals surface area contributed by atoms with Crippen molar-refractivity contribution in [3.05, 3.63) is 30.1 Å². The van der Waals surface area contributed by atoms with E-state index in [4.69, 9.17) is 0 Å². The summed E-state index contributed by atoms with van der Waals surface area (Å²) in [5.74, 6) is -0.506. The van der Waals surface area contributed by atoms with E-state index in [-0.39, 0.29) is 24.5 Å². The number of benzene rings is 1. The number of halogens is 1. The van der Waals surface area contributed by atoms with Crippen LogP contribution in [0.1, 0.15) is 6.42 Å². The van der Waals surface area contributed by atoms with Crippen molar-refractivity contribution in [1.29, 1.82) is 0 Å². The van der Waals surface area contributed by atoms with E-state index in [0.29, 0.717) is 13.0 Å². The zero-order valence-electron chi connectivity index (χ0n) is 11.6. The van der Waals surface area contributed by atoms with Gasteiger partial charge in [0, 0.05) is 26.2 Å². The third kappa shape index (κ3) is 3.79. The van der Waals surface area contributed by atoms with Gasteiger partial charge in [-0.05, 0) is 30.7 Å². The van der Waals surface area contributed by atoms with Crippen molar-refractivity contribution in [1.82, 2.24) is 8.61 Å². The average molecular weight is 336 g/mol. The molecule has 0 atom stereocenters. The molecule has 0 bridgehead atoms. The number of hydrogen-bond donors (Lipinski definition) is 0. The van der Waals surface area contributed by atoms with Crippen LogP contribution in [0.4, 0.5) is 4.39 Å². The Hall–Kier alpha value is -1.03. The third-order valence-corrected chi connectivity index (χ3v) is 6.55. The van der Waals surface area contributed by atoms with Crippen LogP contribution in [0, 0.1) is 5.82 Å². The van der Waals surface area contributed by atoms with Crippen molar-refractivity contribution in [2.45, 2.75) is 11.3 Å². The lowest BCUT2D eigenvalue weighted by molar-refractivity contribution is 0.406. The van der Waals surface area contributed by atoms with Crippen LogP contribution in [-0.2, 0) is 20.0 Å². The van der Waals surface area contributed by atoms with Crippen LogP contribution < -0.4 is 0 Å². The molecule has 0 saturated carbocycles. The molecule has 0 aliphatic carbocycles. The van der Waals surface area contributed by atoms with Crippen LogP contribution in [0.15, 0.2) is 29.2 Å². The topological polar surface area (TPSA) is 74.8 Å². The molecule has 21 heavy (non-hydrogen) atoms. The highest BCUT2D eigenvalue weighted by molar-refractivity contribution is 7.89. The fourth-order valence-electron chi connectivity index (χ4n) is 2.20. The van der Waals surface area contributed by atoms with Crippen molar-refractivity contribution in [3.8, 4) is 0 Å². The van der Waals surface area contributed by atoms with Gasteiger partial charge in [-0.3, -0.25) is 0 Å². The summed E-state index contributed by atoms with van der Waals surface area (Å²) in [5, 5.41) is 0. The van der Waals surface area contributed by atoms with Crippen molar-refractivity contribution in [2.24, 2.45) is 0 Å². The second-order valence-electron chi connectivity index (χ2n) is 4.87. The van der Waals surface area contributed by atoms with E-state index in [1.54, 1.807) is 0 Å². The molecule has 2 rings (SSSR count). The Labute approximate surface area is 124 Å². The third-order valence-electron chi connectivity index (χ3n) is 3.33. The van der Waals surface area contributed by atoms with Gasteiger partial charge >= 0.3 is 0 Å². The fourth-order valence-corrected chi connectivity index (χ4v) is 4.54. The van der Waals surface area contributed by atoms with E-state index >= 15 is 0 Å². The summed E-state index contributed by atoms with van der Waals surface area (Å²) in [6.07, 6.45) is 1.53. The van der Waals surface area contributed by atoms with Crippen LogP contribution in [0.5, 0.6) is 0 Å². The van der Waals surface area contributed by atoms with Crippen LogP contribution in [0.25, 0.3) is 0 Å². The lowest BCUT2D eigenvalue weighted by atomic mass is 10.4. The Morgan fingerprint density at radius 3 is 2.00 bits per heavy atom. The summed E-state index contributed by atoms with van der Waals surface area (Å²) in [6, 6.07) is 4.61. The van der Waals surface area contributed by atoms with E-state index in [0.717, 1.165) is 18.4 Å². The zero-order chi connectivity index (χ0) is 15.7. The molecule has 0 N–H and O–H groups in total. The fraction of sp³-hybridized carbons (Fsp3) is 0.500.